The predicted molar refractivity (Wildman–Crippen MR) is 82.2 cm³/mol. The first-order valence-electron chi connectivity index (χ1n) is 7.08. The van der Waals surface area contributed by atoms with Crippen LogP contribution in [-0.2, 0) is 6.42 Å². The molecule has 2 rings (SSSR count). The van der Waals surface area contributed by atoms with Crippen molar-refractivity contribution < 1.29 is 14.2 Å². The van der Waals surface area contributed by atoms with Crippen LogP contribution < -0.4 is 10.1 Å². The van der Waals surface area contributed by atoms with Gasteiger partial charge in [-0.25, -0.2) is 4.39 Å². The summed E-state index contributed by atoms with van der Waals surface area (Å²) >= 11 is 0. The molecule has 2 N–H and O–H groups in total. The molecule has 0 spiro atoms. The van der Waals surface area contributed by atoms with Crippen molar-refractivity contribution in [2.24, 2.45) is 0 Å². The molecule has 0 amide bonds. The highest BCUT2D eigenvalue weighted by Crippen LogP contribution is 2.17. The highest BCUT2D eigenvalue weighted by atomic mass is 19.1. The van der Waals surface area contributed by atoms with Gasteiger partial charge in [-0.05, 0) is 30.2 Å². The van der Waals surface area contributed by atoms with Crippen LogP contribution in [0.25, 0.3) is 0 Å². The van der Waals surface area contributed by atoms with Crippen LogP contribution in [0.1, 0.15) is 12.5 Å². The first-order chi connectivity index (χ1) is 10.2. The molecule has 0 radical (unpaired) electrons. The number of rotatable bonds is 7. The van der Waals surface area contributed by atoms with Crippen LogP contribution in [0.4, 0.5) is 10.1 Å². The zero-order valence-electron chi connectivity index (χ0n) is 12.1. The summed E-state index contributed by atoms with van der Waals surface area (Å²) in [7, 11) is 0. The van der Waals surface area contributed by atoms with Gasteiger partial charge in [0.25, 0.3) is 0 Å². The maximum absolute atomic E-state index is 13.4. The second kappa shape index (κ2) is 7.64. The Balaban J connectivity index is 1.82. The third kappa shape index (κ3) is 4.46. The molecule has 0 fully saturated rings. The zero-order chi connectivity index (χ0) is 15.1. The molecule has 112 valence electrons. The van der Waals surface area contributed by atoms with E-state index in [0.717, 1.165) is 12.1 Å². The Bertz CT molecular complexity index is 574. The van der Waals surface area contributed by atoms with Gasteiger partial charge >= 0.3 is 0 Å². The number of hydrogen-bond acceptors (Lipinski definition) is 3. The van der Waals surface area contributed by atoms with Crippen LogP contribution in [0.15, 0.2) is 48.5 Å². The quantitative estimate of drug-likeness (QED) is 0.822. The number of nitrogens with one attached hydrogen (secondary N) is 1. The number of aliphatic hydroxyl groups excluding tert-OH is 1. The minimum atomic E-state index is -0.713. The van der Waals surface area contributed by atoms with Gasteiger partial charge in [-0.3, -0.25) is 0 Å². The highest BCUT2D eigenvalue weighted by molar-refractivity contribution is 5.51. The number of aryl methyl sites for hydroxylation is 1. The van der Waals surface area contributed by atoms with Crippen molar-refractivity contribution in [3.05, 3.63) is 59.9 Å². The molecule has 0 saturated heterocycles. The predicted octanol–water partition coefficient (Wildman–Crippen LogP) is 3.24. The Kier molecular flexibility index (Phi) is 5.58. The molecule has 0 aromatic heterocycles. The van der Waals surface area contributed by atoms with Crippen molar-refractivity contribution in [2.45, 2.75) is 19.4 Å². The van der Waals surface area contributed by atoms with Gasteiger partial charge in [-0.2, -0.15) is 0 Å². The van der Waals surface area contributed by atoms with Gasteiger partial charge in [0, 0.05) is 12.2 Å². The van der Waals surface area contributed by atoms with E-state index in [4.69, 9.17) is 4.74 Å². The summed E-state index contributed by atoms with van der Waals surface area (Å²) in [6, 6.07) is 14.1. The van der Waals surface area contributed by atoms with E-state index in [2.05, 4.69) is 12.2 Å². The molecule has 1 atom stereocenters. The van der Waals surface area contributed by atoms with Gasteiger partial charge in [0.1, 0.15) is 12.7 Å². The lowest BCUT2D eigenvalue weighted by atomic mass is 10.1. The maximum Gasteiger partial charge on any atom is 0.165 e. The van der Waals surface area contributed by atoms with Crippen molar-refractivity contribution in [2.75, 3.05) is 18.5 Å². The number of ether oxygens (including phenoxy) is 1. The van der Waals surface area contributed by atoms with E-state index in [0.29, 0.717) is 6.54 Å². The molecular formula is C17H20FNO2. The van der Waals surface area contributed by atoms with E-state index in [9.17, 15) is 9.50 Å². The molecule has 3 nitrogen and oxygen atoms in total. The van der Waals surface area contributed by atoms with Gasteiger partial charge < -0.3 is 15.2 Å². The Hall–Kier alpha value is -2.07. The van der Waals surface area contributed by atoms with Gasteiger partial charge in [-0.15, -0.1) is 0 Å². The number of aliphatic hydroxyl groups is 1. The molecule has 0 aliphatic carbocycles. The Morgan fingerprint density at radius 1 is 1.14 bits per heavy atom. The smallest absolute Gasteiger partial charge is 0.165 e. The molecule has 0 aliphatic rings. The van der Waals surface area contributed by atoms with Crippen molar-refractivity contribution in [1.29, 1.82) is 0 Å². The van der Waals surface area contributed by atoms with Crippen molar-refractivity contribution >= 4 is 5.69 Å². The molecule has 1 unspecified atom stereocenters. The van der Waals surface area contributed by atoms with Gasteiger partial charge in [-0.1, -0.05) is 37.3 Å². The second-order valence-corrected chi connectivity index (χ2v) is 4.79. The summed E-state index contributed by atoms with van der Waals surface area (Å²) in [5, 5.41) is 13.1. The fourth-order valence-electron chi connectivity index (χ4n) is 2.04. The summed E-state index contributed by atoms with van der Waals surface area (Å²) in [6.45, 7) is 2.48. The summed E-state index contributed by atoms with van der Waals surface area (Å²) in [5.41, 5.74) is 2.20. The molecule has 4 heteroatoms. The minimum Gasteiger partial charge on any atom is -0.488 e. The first-order valence-corrected chi connectivity index (χ1v) is 7.08. The molecule has 21 heavy (non-hydrogen) atoms. The molecule has 0 heterocycles. The number of anilines is 1. The lowest BCUT2D eigenvalue weighted by Crippen LogP contribution is -2.26. The summed E-state index contributed by atoms with van der Waals surface area (Å²) < 4.78 is 18.6. The lowest BCUT2D eigenvalue weighted by molar-refractivity contribution is 0.115. The van der Waals surface area contributed by atoms with Crippen LogP contribution in [0, 0.1) is 5.82 Å². The van der Waals surface area contributed by atoms with E-state index in [1.54, 1.807) is 18.2 Å². The van der Waals surface area contributed by atoms with Crippen LogP contribution in [0.5, 0.6) is 5.75 Å². The average Bonchev–Trinajstić information content (AvgIpc) is 2.52. The van der Waals surface area contributed by atoms with Gasteiger partial charge in [0.05, 0.1) is 0 Å². The van der Waals surface area contributed by atoms with Crippen LogP contribution in [-0.4, -0.2) is 24.4 Å². The molecule has 0 aliphatic heterocycles. The topological polar surface area (TPSA) is 41.5 Å². The van der Waals surface area contributed by atoms with Gasteiger partial charge in [0.2, 0.25) is 0 Å². The van der Waals surface area contributed by atoms with E-state index in [1.165, 1.54) is 11.6 Å². The molecular weight excluding hydrogens is 269 g/mol. The lowest BCUT2D eigenvalue weighted by Gasteiger charge is -2.16. The van der Waals surface area contributed by atoms with Crippen molar-refractivity contribution in [3.8, 4) is 5.75 Å². The first kappa shape index (κ1) is 15.3. The van der Waals surface area contributed by atoms with Crippen molar-refractivity contribution in [3.63, 3.8) is 0 Å². The Morgan fingerprint density at radius 3 is 2.62 bits per heavy atom. The van der Waals surface area contributed by atoms with Crippen LogP contribution in [0.2, 0.25) is 0 Å². The Morgan fingerprint density at radius 2 is 1.86 bits per heavy atom. The Labute approximate surface area is 124 Å². The summed E-state index contributed by atoms with van der Waals surface area (Å²) in [5.74, 6) is -0.264. The standard InChI is InChI=1S/C17H20FNO2/c1-2-13-7-3-5-9-16(13)19-11-14(20)12-21-17-10-6-4-8-15(17)18/h3-10,14,19-20H,2,11-12H2,1H3. The summed E-state index contributed by atoms with van der Waals surface area (Å²) in [6.07, 6.45) is 0.208. The zero-order valence-corrected chi connectivity index (χ0v) is 12.1. The van der Waals surface area contributed by atoms with E-state index < -0.39 is 11.9 Å². The molecule has 2 aromatic rings. The fourth-order valence-corrected chi connectivity index (χ4v) is 2.04. The monoisotopic (exact) mass is 289 g/mol. The molecule has 2 aromatic carbocycles. The normalized spacial score (nSPS) is 12.0. The highest BCUT2D eigenvalue weighted by Gasteiger charge is 2.08. The number of para-hydroxylation sites is 2. The van der Waals surface area contributed by atoms with E-state index in [-0.39, 0.29) is 12.4 Å². The van der Waals surface area contributed by atoms with E-state index >= 15 is 0 Å². The maximum atomic E-state index is 13.4. The molecule has 0 bridgehead atoms. The van der Waals surface area contributed by atoms with Crippen LogP contribution >= 0.6 is 0 Å². The van der Waals surface area contributed by atoms with Gasteiger partial charge in [0.15, 0.2) is 11.6 Å². The third-order valence-electron chi connectivity index (χ3n) is 3.19. The average molecular weight is 289 g/mol. The number of benzene rings is 2. The fraction of sp³-hybridized carbons (Fsp3) is 0.294. The third-order valence-corrected chi connectivity index (χ3v) is 3.19. The van der Waals surface area contributed by atoms with Crippen LogP contribution in [0.3, 0.4) is 0 Å². The minimum absolute atomic E-state index is 0.0439. The van der Waals surface area contributed by atoms with Crippen molar-refractivity contribution in [1.82, 2.24) is 0 Å². The molecule has 0 saturated carbocycles. The van der Waals surface area contributed by atoms with E-state index in [1.807, 2.05) is 24.3 Å². The number of halogens is 1. The largest absolute Gasteiger partial charge is 0.488 e. The number of hydrogen-bond donors (Lipinski definition) is 2. The summed E-state index contributed by atoms with van der Waals surface area (Å²) in [4.78, 5) is 0. The second-order valence-electron chi connectivity index (χ2n) is 4.79. The SMILES string of the molecule is CCc1ccccc1NCC(O)COc1ccccc1F.